The zero-order valence-corrected chi connectivity index (χ0v) is 13.7. The minimum Gasteiger partial charge on any atom is -0.480 e. The molecule has 130 valence electrons. The molecule has 2 amide bonds. The van der Waals surface area contributed by atoms with E-state index >= 15 is 0 Å². The summed E-state index contributed by atoms with van der Waals surface area (Å²) in [6.07, 6.45) is 3.25. The fourth-order valence-corrected chi connectivity index (χ4v) is 1.98. The summed E-state index contributed by atoms with van der Waals surface area (Å²) >= 11 is 0. The predicted octanol–water partition coefficient (Wildman–Crippen LogP) is 0.769. The van der Waals surface area contributed by atoms with Crippen molar-refractivity contribution < 1.29 is 29.0 Å². The molecule has 2 N–H and O–H groups in total. The summed E-state index contributed by atoms with van der Waals surface area (Å²) in [7, 11) is 3.25. The molecule has 8 heteroatoms. The Balaban J connectivity index is 2.44. The van der Waals surface area contributed by atoms with E-state index in [2.05, 4.69) is 5.32 Å². The molecule has 0 spiro atoms. The smallest absolute Gasteiger partial charge is 0.408 e. The van der Waals surface area contributed by atoms with Crippen LogP contribution in [0.1, 0.15) is 26.2 Å². The predicted molar refractivity (Wildman–Crippen MR) is 81.9 cm³/mol. The van der Waals surface area contributed by atoms with Gasteiger partial charge in [-0.15, -0.1) is 0 Å². The largest absolute Gasteiger partial charge is 0.480 e. The molecule has 1 rings (SSSR count). The Morgan fingerprint density at radius 1 is 1.43 bits per heavy atom. The molecule has 0 radical (unpaired) electrons. The van der Waals surface area contributed by atoms with Gasteiger partial charge in [-0.05, 0) is 25.8 Å². The summed E-state index contributed by atoms with van der Waals surface area (Å²) in [6.45, 7) is 2.55. The van der Waals surface area contributed by atoms with Gasteiger partial charge in [0.05, 0.1) is 13.2 Å². The number of ether oxygens (including phenoxy) is 2. The summed E-state index contributed by atoms with van der Waals surface area (Å²) in [5.74, 6) is -1.33. The molecule has 1 heterocycles. The first-order valence-electron chi connectivity index (χ1n) is 7.41. The summed E-state index contributed by atoms with van der Waals surface area (Å²) < 4.78 is 10.4. The molecular weight excluding hydrogens is 304 g/mol. The monoisotopic (exact) mass is 328 g/mol. The normalized spacial score (nSPS) is 21.9. The summed E-state index contributed by atoms with van der Waals surface area (Å²) in [5.41, 5.74) is -0.717. The fraction of sp³-hybridized carbons (Fsp3) is 0.667. The van der Waals surface area contributed by atoms with E-state index in [-0.39, 0.29) is 12.3 Å². The Labute approximate surface area is 135 Å². The lowest BCUT2D eigenvalue weighted by Crippen LogP contribution is -2.45. The van der Waals surface area contributed by atoms with Gasteiger partial charge in [0.25, 0.3) is 0 Å². The molecule has 0 bridgehead atoms. The fourth-order valence-electron chi connectivity index (χ4n) is 1.98. The second kappa shape index (κ2) is 8.52. The number of allylic oxidation sites excluding steroid dienone is 1. The van der Waals surface area contributed by atoms with Crippen molar-refractivity contribution in [3.05, 3.63) is 12.2 Å². The number of carbonyl (C=O) groups is 3. The van der Waals surface area contributed by atoms with Gasteiger partial charge >= 0.3 is 12.1 Å². The van der Waals surface area contributed by atoms with Crippen LogP contribution in [0.2, 0.25) is 0 Å². The van der Waals surface area contributed by atoms with Crippen LogP contribution < -0.4 is 5.32 Å². The topological polar surface area (TPSA) is 105 Å². The van der Waals surface area contributed by atoms with Gasteiger partial charge in [-0.2, -0.15) is 0 Å². The number of hydrogen-bond acceptors (Lipinski definition) is 5. The molecule has 0 aromatic heterocycles. The number of alkyl carbamates (subject to hydrolysis) is 1. The van der Waals surface area contributed by atoms with Gasteiger partial charge in [0, 0.05) is 20.5 Å². The van der Waals surface area contributed by atoms with E-state index in [0.717, 1.165) is 0 Å². The molecule has 0 aromatic rings. The number of carboxylic acid groups (broad SMARTS) is 1. The number of likely N-dealkylation sites (N-methyl/N-ethyl adjacent to an activating group) is 1. The minimum absolute atomic E-state index is 0.162. The first kappa shape index (κ1) is 19.0. The molecule has 0 aromatic carbocycles. The van der Waals surface area contributed by atoms with E-state index in [4.69, 9.17) is 14.6 Å². The van der Waals surface area contributed by atoms with E-state index in [1.165, 1.54) is 11.0 Å². The molecule has 1 saturated heterocycles. The third-order valence-corrected chi connectivity index (χ3v) is 3.44. The van der Waals surface area contributed by atoms with Crippen LogP contribution in [0.5, 0.6) is 0 Å². The third-order valence-electron chi connectivity index (χ3n) is 3.44. The van der Waals surface area contributed by atoms with Crippen LogP contribution in [0, 0.1) is 0 Å². The maximum atomic E-state index is 11.8. The Bertz CT molecular complexity index is 469. The molecule has 2 atom stereocenters. The standard InChI is InChI=1S/C15H24N2O6/c1-15(8-9-22-10-15)23-14(21)16-11(13(19)20)6-4-5-7-12(18)17(2)3/h5,7,11H,4,6,8-10H2,1-3H3,(H,16,21)(H,19,20)/b7-5+/t11-,15?/m0/s1. The number of carbonyl (C=O) groups excluding carboxylic acids is 2. The number of nitrogens with zero attached hydrogens (tertiary/aromatic N) is 1. The van der Waals surface area contributed by atoms with E-state index in [0.29, 0.717) is 26.1 Å². The Hall–Kier alpha value is -2.09. The molecule has 1 unspecified atom stereocenters. The van der Waals surface area contributed by atoms with Gasteiger partial charge in [0.1, 0.15) is 11.6 Å². The summed E-state index contributed by atoms with van der Waals surface area (Å²) in [5, 5.41) is 11.5. The van der Waals surface area contributed by atoms with E-state index in [9.17, 15) is 14.4 Å². The van der Waals surface area contributed by atoms with Gasteiger partial charge in [-0.3, -0.25) is 4.79 Å². The molecule has 23 heavy (non-hydrogen) atoms. The van der Waals surface area contributed by atoms with Crippen molar-refractivity contribution >= 4 is 18.0 Å². The highest BCUT2D eigenvalue weighted by atomic mass is 16.6. The average Bonchev–Trinajstić information content (AvgIpc) is 2.87. The SMILES string of the molecule is CN(C)C(=O)/C=C/CC[C@H](NC(=O)OC1(C)CCOC1)C(=O)O. The van der Waals surface area contributed by atoms with Crippen molar-refractivity contribution in [1.82, 2.24) is 10.2 Å². The number of rotatable bonds is 7. The molecule has 1 aliphatic rings. The highest BCUT2D eigenvalue weighted by Gasteiger charge is 2.34. The van der Waals surface area contributed by atoms with Crippen LogP contribution in [0.15, 0.2) is 12.2 Å². The first-order chi connectivity index (χ1) is 10.7. The van der Waals surface area contributed by atoms with Crippen LogP contribution in [0.25, 0.3) is 0 Å². The number of nitrogens with one attached hydrogen (secondary N) is 1. The van der Waals surface area contributed by atoms with Crippen LogP contribution in [-0.4, -0.2) is 66.9 Å². The van der Waals surface area contributed by atoms with Gasteiger partial charge in [0.15, 0.2) is 0 Å². The molecule has 0 saturated carbocycles. The Morgan fingerprint density at radius 2 is 2.13 bits per heavy atom. The van der Waals surface area contributed by atoms with Gasteiger partial charge in [-0.25, -0.2) is 9.59 Å². The van der Waals surface area contributed by atoms with Gasteiger partial charge in [-0.1, -0.05) is 6.08 Å². The van der Waals surface area contributed by atoms with Crippen molar-refractivity contribution in [2.75, 3.05) is 27.3 Å². The van der Waals surface area contributed by atoms with Crippen molar-refractivity contribution in [2.45, 2.75) is 37.8 Å². The van der Waals surface area contributed by atoms with Crippen molar-refractivity contribution in [3.63, 3.8) is 0 Å². The average molecular weight is 328 g/mol. The Kier molecular flexibility index (Phi) is 7.02. The van der Waals surface area contributed by atoms with Crippen LogP contribution in [0.3, 0.4) is 0 Å². The molecule has 8 nitrogen and oxygen atoms in total. The minimum atomic E-state index is -1.15. The molecule has 1 fully saturated rings. The molecular formula is C15H24N2O6. The first-order valence-corrected chi connectivity index (χ1v) is 7.41. The maximum Gasteiger partial charge on any atom is 0.408 e. The zero-order valence-electron chi connectivity index (χ0n) is 13.7. The lowest BCUT2D eigenvalue weighted by Gasteiger charge is -2.23. The van der Waals surface area contributed by atoms with Gasteiger partial charge in [0.2, 0.25) is 5.91 Å². The van der Waals surface area contributed by atoms with Crippen molar-refractivity contribution in [2.24, 2.45) is 0 Å². The molecule has 1 aliphatic heterocycles. The van der Waals surface area contributed by atoms with Crippen LogP contribution >= 0.6 is 0 Å². The van der Waals surface area contributed by atoms with Crippen molar-refractivity contribution in [3.8, 4) is 0 Å². The quantitative estimate of drug-likeness (QED) is 0.669. The number of hydrogen-bond donors (Lipinski definition) is 2. The summed E-state index contributed by atoms with van der Waals surface area (Å²) in [4.78, 5) is 35.8. The number of aliphatic carboxylic acids is 1. The van der Waals surface area contributed by atoms with Crippen LogP contribution in [0.4, 0.5) is 4.79 Å². The van der Waals surface area contributed by atoms with E-state index in [1.54, 1.807) is 27.1 Å². The highest BCUT2D eigenvalue weighted by Crippen LogP contribution is 2.22. The highest BCUT2D eigenvalue weighted by molar-refractivity contribution is 5.87. The second-order valence-electron chi connectivity index (χ2n) is 5.89. The van der Waals surface area contributed by atoms with Gasteiger partial charge < -0.3 is 24.8 Å². The lowest BCUT2D eigenvalue weighted by molar-refractivity contribution is -0.139. The maximum absolute atomic E-state index is 11.8. The Morgan fingerprint density at radius 3 is 2.65 bits per heavy atom. The van der Waals surface area contributed by atoms with E-state index < -0.39 is 23.7 Å². The van der Waals surface area contributed by atoms with Crippen LogP contribution in [-0.2, 0) is 19.1 Å². The zero-order chi connectivity index (χ0) is 17.5. The number of carboxylic acids is 1. The third kappa shape index (κ3) is 6.68. The lowest BCUT2D eigenvalue weighted by atomic mass is 10.1. The molecule has 0 aliphatic carbocycles. The van der Waals surface area contributed by atoms with Crippen molar-refractivity contribution in [1.29, 1.82) is 0 Å². The summed E-state index contributed by atoms with van der Waals surface area (Å²) in [6, 6.07) is -1.08. The number of amides is 2. The van der Waals surface area contributed by atoms with E-state index in [1.807, 2.05) is 0 Å². The second-order valence-corrected chi connectivity index (χ2v) is 5.89.